The van der Waals surface area contributed by atoms with E-state index < -0.39 is 16.3 Å². The summed E-state index contributed by atoms with van der Waals surface area (Å²) < 4.78 is 23.6. The quantitative estimate of drug-likeness (QED) is 0.772. The predicted octanol–water partition coefficient (Wildman–Crippen LogP) is -0.657. The summed E-state index contributed by atoms with van der Waals surface area (Å²) in [5.41, 5.74) is 7.84. The number of hydrogen-bond acceptors (Lipinski definition) is 4. The number of aryl methyl sites for hydroxylation is 1. The number of nitrogens with two attached hydrogens (primary N) is 2. The molecule has 1 fully saturated rings. The van der Waals surface area contributed by atoms with Crippen molar-refractivity contribution in [2.75, 3.05) is 26.2 Å². The summed E-state index contributed by atoms with van der Waals surface area (Å²) >= 11 is 0. The predicted molar refractivity (Wildman–Crippen MR) is 79.4 cm³/mol. The zero-order valence-electron chi connectivity index (χ0n) is 11.9. The minimum absolute atomic E-state index is 0.200. The van der Waals surface area contributed by atoms with Crippen molar-refractivity contribution in [1.29, 1.82) is 0 Å². The normalized spacial score (nSPS) is 18.5. The van der Waals surface area contributed by atoms with E-state index in [1.54, 1.807) is 4.90 Å². The van der Waals surface area contributed by atoms with Gasteiger partial charge in [0.05, 0.1) is 0 Å². The third-order valence-electron chi connectivity index (χ3n) is 3.61. The molecular formula is C13H20N4O3S. The van der Waals surface area contributed by atoms with Gasteiger partial charge in [0.25, 0.3) is 10.2 Å². The Bertz CT molecular complexity index is 607. The van der Waals surface area contributed by atoms with Gasteiger partial charge in [0.15, 0.2) is 0 Å². The number of benzene rings is 1. The van der Waals surface area contributed by atoms with E-state index >= 15 is 0 Å². The van der Waals surface area contributed by atoms with Crippen LogP contribution in [-0.2, 0) is 15.0 Å². The number of nitrogens with zero attached hydrogens (tertiary/aromatic N) is 2. The zero-order chi connectivity index (χ0) is 15.6. The lowest BCUT2D eigenvalue weighted by atomic mass is 10.0. The molecule has 1 aromatic carbocycles. The average molecular weight is 312 g/mol. The maximum Gasteiger partial charge on any atom is 0.277 e. The van der Waals surface area contributed by atoms with Gasteiger partial charge in [-0.05, 0) is 12.5 Å². The van der Waals surface area contributed by atoms with E-state index in [2.05, 4.69) is 0 Å². The molecule has 1 unspecified atom stereocenters. The van der Waals surface area contributed by atoms with Gasteiger partial charge in [0.1, 0.15) is 6.04 Å². The molecule has 1 aliphatic heterocycles. The van der Waals surface area contributed by atoms with Crippen LogP contribution in [0.1, 0.15) is 17.2 Å². The summed E-state index contributed by atoms with van der Waals surface area (Å²) in [7, 11) is -3.69. The highest BCUT2D eigenvalue weighted by Gasteiger charge is 2.29. The molecule has 0 aliphatic carbocycles. The molecule has 21 heavy (non-hydrogen) atoms. The first-order chi connectivity index (χ1) is 9.79. The van der Waals surface area contributed by atoms with E-state index in [1.807, 2.05) is 31.2 Å². The van der Waals surface area contributed by atoms with Crippen LogP contribution in [-0.4, -0.2) is 49.7 Å². The van der Waals surface area contributed by atoms with Crippen molar-refractivity contribution < 1.29 is 13.2 Å². The molecule has 0 saturated carbocycles. The van der Waals surface area contributed by atoms with E-state index in [0.29, 0.717) is 13.1 Å². The minimum atomic E-state index is -3.69. The Labute approximate surface area is 124 Å². The second-order valence-electron chi connectivity index (χ2n) is 5.16. The fourth-order valence-electron chi connectivity index (χ4n) is 2.28. The second kappa shape index (κ2) is 6.10. The maximum atomic E-state index is 12.3. The van der Waals surface area contributed by atoms with E-state index in [-0.39, 0.29) is 19.0 Å². The average Bonchev–Trinajstić information content (AvgIpc) is 2.46. The van der Waals surface area contributed by atoms with Gasteiger partial charge in [-0.1, -0.05) is 29.8 Å². The van der Waals surface area contributed by atoms with Crippen molar-refractivity contribution in [2.24, 2.45) is 10.9 Å². The summed E-state index contributed by atoms with van der Waals surface area (Å²) in [4.78, 5) is 13.9. The molecule has 0 spiro atoms. The van der Waals surface area contributed by atoms with Gasteiger partial charge in [0.2, 0.25) is 5.91 Å². The molecule has 1 saturated heterocycles. The molecule has 1 atom stereocenters. The van der Waals surface area contributed by atoms with Crippen LogP contribution < -0.4 is 10.9 Å². The summed E-state index contributed by atoms with van der Waals surface area (Å²) in [5.74, 6) is -0.201. The Morgan fingerprint density at radius 3 is 2.14 bits per heavy atom. The molecule has 1 aromatic rings. The Kier molecular flexibility index (Phi) is 4.62. The molecule has 0 aromatic heterocycles. The van der Waals surface area contributed by atoms with Crippen LogP contribution in [0.15, 0.2) is 24.3 Å². The summed E-state index contributed by atoms with van der Waals surface area (Å²) in [6.45, 7) is 2.96. The fourth-order valence-corrected chi connectivity index (χ4v) is 2.95. The van der Waals surface area contributed by atoms with Crippen molar-refractivity contribution in [3.8, 4) is 0 Å². The van der Waals surface area contributed by atoms with Crippen LogP contribution in [0.5, 0.6) is 0 Å². The Morgan fingerprint density at radius 2 is 1.67 bits per heavy atom. The van der Waals surface area contributed by atoms with Gasteiger partial charge in [-0.3, -0.25) is 4.79 Å². The van der Waals surface area contributed by atoms with Crippen LogP contribution >= 0.6 is 0 Å². The van der Waals surface area contributed by atoms with E-state index in [1.165, 1.54) is 0 Å². The molecule has 0 bridgehead atoms. The molecule has 2 rings (SSSR count). The van der Waals surface area contributed by atoms with Crippen LogP contribution in [0, 0.1) is 6.92 Å². The van der Waals surface area contributed by atoms with Crippen molar-refractivity contribution in [2.45, 2.75) is 13.0 Å². The van der Waals surface area contributed by atoms with Crippen molar-refractivity contribution >= 4 is 16.1 Å². The van der Waals surface area contributed by atoms with Gasteiger partial charge in [-0.25, -0.2) is 5.14 Å². The second-order valence-corrected chi connectivity index (χ2v) is 6.70. The molecule has 4 N–H and O–H groups in total. The molecule has 0 radical (unpaired) electrons. The molecule has 1 amide bonds. The first kappa shape index (κ1) is 15.9. The summed E-state index contributed by atoms with van der Waals surface area (Å²) in [6.07, 6.45) is 0. The van der Waals surface area contributed by atoms with E-state index in [0.717, 1.165) is 15.4 Å². The molecule has 8 heteroatoms. The smallest absolute Gasteiger partial charge is 0.277 e. The number of carbonyl (C=O) groups excluding carboxylic acids is 1. The van der Waals surface area contributed by atoms with Crippen molar-refractivity contribution in [3.63, 3.8) is 0 Å². The summed E-state index contributed by atoms with van der Waals surface area (Å²) in [6, 6.07) is 6.74. The number of amides is 1. The lowest BCUT2D eigenvalue weighted by molar-refractivity contribution is -0.133. The van der Waals surface area contributed by atoms with E-state index in [4.69, 9.17) is 10.9 Å². The zero-order valence-corrected chi connectivity index (χ0v) is 12.7. The molecule has 1 aliphatic rings. The first-order valence-corrected chi connectivity index (χ1v) is 8.18. The van der Waals surface area contributed by atoms with Crippen LogP contribution in [0.4, 0.5) is 0 Å². The lowest BCUT2D eigenvalue weighted by Gasteiger charge is -2.34. The van der Waals surface area contributed by atoms with Crippen molar-refractivity contribution in [1.82, 2.24) is 9.21 Å². The largest absolute Gasteiger partial charge is 0.338 e. The number of rotatable bonds is 3. The van der Waals surface area contributed by atoms with Crippen LogP contribution in [0.3, 0.4) is 0 Å². The van der Waals surface area contributed by atoms with Crippen LogP contribution in [0.2, 0.25) is 0 Å². The Balaban J connectivity index is 2.00. The monoisotopic (exact) mass is 312 g/mol. The molecule has 116 valence electrons. The SMILES string of the molecule is Cc1ccc(C(N)C(=O)N2CCN(S(N)(=O)=O)CC2)cc1. The van der Waals surface area contributed by atoms with Gasteiger partial charge in [-0.15, -0.1) is 0 Å². The lowest BCUT2D eigenvalue weighted by Crippen LogP contribution is -2.53. The highest BCUT2D eigenvalue weighted by molar-refractivity contribution is 7.86. The van der Waals surface area contributed by atoms with Gasteiger partial charge in [-0.2, -0.15) is 12.7 Å². The fraction of sp³-hybridized carbons (Fsp3) is 0.462. The maximum absolute atomic E-state index is 12.3. The highest BCUT2D eigenvalue weighted by atomic mass is 32.2. The molecular weight excluding hydrogens is 292 g/mol. The van der Waals surface area contributed by atoms with Gasteiger partial charge < -0.3 is 10.6 Å². The standard InChI is InChI=1S/C13H20N4O3S/c1-10-2-4-11(5-3-10)12(14)13(18)16-6-8-17(9-7-16)21(15,19)20/h2-5,12H,6-9,14H2,1H3,(H2,15,19,20). The Hall–Kier alpha value is -1.48. The Morgan fingerprint density at radius 1 is 1.14 bits per heavy atom. The summed E-state index contributed by atoms with van der Waals surface area (Å²) in [5, 5.41) is 5.07. The highest BCUT2D eigenvalue weighted by Crippen LogP contribution is 2.16. The van der Waals surface area contributed by atoms with Crippen LogP contribution in [0.25, 0.3) is 0 Å². The first-order valence-electron chi connectivity index (χ1n) is 6.68. The third kappa shape index (κ3) is 3.79. The van der Waals surface area contributed by atoms with Gasteiger partial charge in [0, 0.05) is 26.2 Å². The van der Waals surface area contributed by atoms with Crippen molar-refractivity contribution in [3.05, 3.63) is 35.4 Å². The minimum Gasteiger partial charge on any atom is -0.338 e. The molecule has 7 nitrogen and oxygen atoms in total. The topological polar surface area (TPSA) is 110 Å². The van der Waals surface area contributed by atoms with E-state index in [9.17, 15) is 13.2 Å². The van der Waals surface area contributed by atoms with Gasteiger partial charge >= 0.3 is 0 Å². The number of carbonyl (C=O) groups is 1. The third-order valence-corrected chi connectivity index (χ3v) is 4.70. The number of piperazine rings is 1. The molecule has 1 heterocycles. The number of hydrogen-bond donors (Lipinski definition) is 2.